The minimum absolute atomic E-state index is 0.0576. The van der Waals surface area contributed by atoms with Gasteiger partial charge in [0.1, 0.15) is 5.75 Å². The average molecular weight is 358 g/mol. The molecule has 27 heavy (non-hydrogen) atoms. The molecule has 4 aromatic rings. The number of phenols is 1. The van der Waals surface area contributed by atoms with E-state index in [4.69, 9.17) is 0 Å². The van der Waals surface area contributed by atoms with Gasteiger partial charge in [0, 0.05) is 28.6 Å². The fraction of sp³-hybridized carbons (Fsp3) is 0. The molecule has 3 aromatic carbocycles. The number of anilines is 1. The minimum atomic E-state index is -0.471. The number of rotatable bonds is 4. The van der Waals surface area contributed by atoms with Crippen LogP contribution in [0.3, 0.4) is 0 Å². The van der Waals surface area contributed by atoms with Crippen LogP contribution in [0, 0.1) is 10.1 Å². The Morgan fingerprint density at radius 3 is 2.67 bits per heavy atom. The third kappa shape index (κ3) is 3.02. The first kappa shape index (κ1) is 16.5. The predicted octanol–water partition coefficient (Wildman–Crippen LogP) is 4.45. The topological polar surface area (TPSA) is 101 Å². The summed E-state index contributed by atoms with van der Waals surface area (Å²) in [6.07, 6.45) is 3.05. The predicted molar refractivity (Wildman–Crippen MR) is 105 cm³/mol. The Kier molecular flexibility index (Phi) is 4.10. The molecule has 0 saturated carbocycles. The Morgan fingerprint density at radius 2 is 1.85 bits per heavy atom. The van der Waals surface area contributed by atoms with Crippen molar-refractivity contribution < 1.29 is 10.0 Å². The lowest BCUT2D eigenvalue weighted by atomic mass is 10.0. The number of aromatic hydroxyl groups is 1. The number of nitro groups is 1. The number of hydrazone groups is 1. The fourth-order valence-corrected chi connectivity index (χ4v) is 2.98. The van der Waals surface area contributed by atoms with Crippen LogP contribution in [0.2, 0.25) is 0 Å². The standard InChI is InChI=1S/C20H14N4O3/c25-20-14(11-18(24(26)27)15-7-1-2-8-16(15)20)12-22-23-17-9-3-5-13-6-4-10-21-19(13)17/h1-12,23,25H/b22-12+. The summed E-state index contributed by atoms with van der Waals surface area (Å²) in [6, 6.07) is 17.4. The van der Waals surface area contributed by atoms with Crippen molar-refractivity contribution in [3.63, 3.8) is 0 Å². The third-order valence-electron chi connectivity index (χ3n) is 4.24. The van der Waals surface area contributed by atoms with E-state index in [1.807, 2.05) is 30.3 Å². The van der Waals surface area contributed by atoms with E-state index >= 15 is 0 Å². The zero-order valence-electron chi connectivity index (χ0n) is 14.0. The quantitative estimate of drug-likeness (QED) is 0.319. The molecule has 1 aromatic heterocycles. The average Bonchev–Trinajstić information content (AvgIpc) is 2.69. The van der Waals surface area contributed by atoms with E-state index in [9.17, 15) is 15.2 Å². The Bertz CT molecular complexity index is 1200. The highest BCUT2D eigenvalue weighted by Crippen LogP contribution is 2.34. The van der Waals surface area contributed by atoms with E-state index in [0.29, 0.717) is 16.5 Å². The van der Waals surface area contributed by atoms with Crippen molar-refractivity contribution in [2.45, 2.75) is 0 Å². The van der Waals surface area contributed by atoms with Crippen LogP contribution in [-0.2, 0) is 0 Å². The summed E-state index contributed by atoms with van der Waals surface area (Å²) in [7, 11) is 0. The monoisotopic (exact) mass is 358 g/mol. The van der Waals surface area contributed by atoms with Gasteiger partial charge in [-0.3, -0.25) is 20.5 Å². The van der Waals surface area contributed by atoms with Crippen molar-refractivity contribution in [2.24, 2.45) is 5.10 Å². The lowest BCUT2D eigenvalue weighted by Gasteiger charge is -2.07. The summed E-state index contributed by atoms with van der Waals surface area (Å²) >= 11 is 0. The number of para-hydroxylation sites is 1. The van der Waals surface area contributed by atoms with Crippen LogP contribution in [0.5, 0.6) is 5.75 Å². The Labute approximate surface area is 153 Å². The highest BCUT2D eigenvalue weighted by Gasteiger charge is 2.17. The van der Waals surface area contributed by atoms with Crippen molar-refractivity contribution in [1.82, 2.24) is 4.98 Å². The lowest BCUT2D eigenvalue weighted by molar-refractivity contribution is -0.383. The summed E-state index contributed by atoms with van der Waals surface area (Å²) < 4.78 is 0. The van der Waals surface area contributed by atoms with Gasteiger partial charge in [-0.15, -0.1) is 0 Å². The maximum atomic E-state index is 11.4. The number of nitrogens with zero attached hydrogens (tertiary/aromatic N) is 3. The molecular weight excluding hydrogens is 344 g/mol. The van der Waals surface area contributed by atoms with E-state index in [0.717, 1.165) is 10.9 Å². The van der Waals surface area contributed by atoms with Crippen molar-refractivity contribution >= 4 is 39.3 Å². The van der Waals surface area contributed by atoms with Crippen molar-refractivity contribution in [3.8, 4) is 5.75 Å². The van der Waals surface area contributed by atoms with Gasteiger partial charge in [0.15, 0.2) is 0 Å². The normalized spacial score (nSPS) is 11.3. The van der Waals surface area contributed by atoms with Crippen LogP contribution in [-0.4, -0.2) is 21.2 Å². The molecule has 0 radical (unpaired) electrons. The second-order valence-electron chi connectivity index (χ2n) is 5.89. The van der Waals surface area contributed by atoms with Gasteiger partial charge in [-0.2, -0.15) is 5.10 Å². The summed E-state index contributed by atoms with van der Waals surface area (Å²) in [5.74, 6) is -0.0576. The molecule has 132 valence electrons. The number of nitro benzene ring substituents is 1. The number of pyridine rings is 1. The van der Waals surface area contributed by atoms with Crippen LogP contribution in [0.15, 0.2) is 72.0 Å². The van der Waals surface area contributed by atoms with E-state index in [-0.39, 0.29) is 17.0 Å². The molecule has 0 spiro atoms. The molecule has 4 rings (SSSR count). The zero-order chi connectivity index (χ0) is 18.8. The zero-order valence-corrected chi connectivity index (χ0v) is 14.0. The van der Waals surface area contributed by atoms with Gasteiger partial charge in [0.05, 0.1) is 27.7 Å². The second kappa shape index (κ2) is 6.72. The maximum Gasteiger partial charge on any atom is 0.278 e. The maximum absolute atomic E-state index is 11.4. The number of non-ortho nitro benzene ring substituents is 1. The van der Waals surface area contributed by atoms with Gasteiger partial charge in [0.2, 0.25) is 0 Å². The van der Waals surface area contributed by atoms with Gasteiger partial charge < -0.3 is 5.11 Å². The highest BCUT2D eigenvalue weighted by atomic mass is 16.6. The van der Waals surface area contributed by atoms with Crippen LogP contribution < -0.4 is 5.43 Å². The van der Waals surface area contributed by atoms with Crippen LogP contribution in [0.25, 0.3) is 21.7 Å². The van der Waals surface area contributed by atoms with Gasteiger partial charge in [-0.05, 0) is 18.2 Å². The number of nitrogens with one attached hydrogen (secondary N) is 1. The number of phenolic OH excluding ortho intramolecular Hbond substituents is 1. The Morgan fingerprint density at radius 1 is 1.07 bits per heavy atom. The molecular formula is C20H14N4O3. The van der Waals surface area contributed by atoms with Crippen LogP contribution in [0.1, 0.15) is 5.56 Å². The largest absolute Gasteiger partial charge is 0.507 e. The Hall–Kier alpha value is -4.00. The van der Waals surface area contributed by atoms with E-state index in [1.165, 1.54) is 12.3 Å². The molecule has 0 aliphatic carbocycles. The van der Waals surface area contributed by atoms with Crippen molar-refractivity contribution in [3.05, 3.63) is 82.5 Å². The van der Waals surface area contributed by atoms with Crippen LogP contribution in [0.4, 0.5) is 11.4 Å². The number of hydrogen-bond acceptors (Lipinski definition) is 6. The van der Waals surface area contributed by atoms with Crippen LogP contribution >= 0.6 is 0 Å². The minimum Gasteiger partial charge on any atom is -0.507 e. The highest BCUT2D eigenvalue weighted by molar-refractivity contribution is 6.02. The fourth-order valence-electron chi connectivity index (χ4n) is 2.98. The van der Waals surface area contributed by atoms with Gasteiger partial charge >= 0.3 is 0 Å². The number of hydrogen-bond donors (Lipinski definition) is 2. The molecule has 0 fully saturated rings. The number of fused-ring (bicyclic) bond motifs is 2. The summed E-state index contributed by atoms with van der Waals surface area (Å²) in [4.78, 5) is 15.2. The Balaban J connectivity index is 1.73. The first-order chi connectivity index (χ1) is 13.1. The molecule has 1 heterocycles. The van der Waals surface area contributed by atoms with Crippen molar-refractivity contribution in [1.29, 1.82) is 0 Å². The SMILES string of the molecule is O=[N+]([O-])c1cc(/C=N/Nc2cccc3cccnc23)c(O)c2ccccc12. The molecule has 7 nitrogen and oxygen atoms in total. The molecule has 0 atom stereocenters. The third-order valence-corrected chi connectivity index (χ3v) is 4.24. The molecule has 0 bridgehead atoms. The van der Waals surface area contributed by atoms with E-state index in [2.05, 4.69) is 15.5 Å². The van der Waals surface area contributed by atoms with Crippen molar-refractivity contribution in [2.75, 3.05) is 5.43 Å². The smallest absolute Gasteiger partial charge is 0.278 e. The number of benzene rings is 3. The second-order valence-corrected chi connectivity index (χ2v) is 5.89. The molecule has 7 heteroatoms. The van der Waals surface area contributed by atoms with Gasteiger partial charge in [-0.1, -0.05) is 36.4 Å². The summed E-state index contributed by atoms with van der Waals surface area (Å²) in [5, 5.41) is 27.7. The molecule has 0 unspecified atom stereocenters. The van der Waals surface area contributed by atoms with E-state index in [1.54, 1.807) is 30.5 Å². The summed E-state index contributed by atoms with van der Waals surface area (Å²) in [6.45, 7) is 0. The van der Waals surface area contributed by atoms with E-state index < -0.39 is 4.92 Å². The van der Waals surface area contributed by atoms with Gasteiger partial charge in [0.25, 0.3) is 5.69 Å². The molecule has 0 saturated heterocycles. The first-order valence-electron chi connectivity index (χ1n) is 8.17. The van der Waals surface area contributed by atoms with Gasteiger partial charge in [-0.25, -0.2) is 0 Å². The summed E-state index contributed by atoms with van der Waals surface area (Å²) in [5.41, 5.74) is 4.50. The first-order valence-corrected chi connectivity index (χ1v) is 8.17. The molecule has 0 amide bonds. The molecule has 0 aliphatic rings. The number of aromatic nitrogens is 1. The molecule has 2 N–H and O–H groups in total. The lowest BCUT2D eigenvalue weighted by Crippen LogP contribution is -1.96. The molecule has 0 aliphatic heterocycles.